The maximum Gasteiger partial charge on any atom is 0.253 e. The van der Waals surface area contributed by atoms with Gasteiger partial charge in [-0.2, -0.15) is 0 Å². The van der Waals surface area contributed by atoms with Crippen molar-refractivity contribution in [1.82, 2.24) is 10.3 Å². The minimum Gasteiger partial charge on any atom is -0.382 e. The summed E-state index contributed by atoms with van der Waals surface area (Å²) in [5.41, 5.74) is 4.69. The van der Waals surface area contributed by atoms with Crippen LogP contribution in [0.25, 0.3) is 0 Å². The third kappa shape index (κ3) is 4.85. The monoisotopic (exact) mass is 445 g/mol. The molecule has 0 unspecified atom stereocenters. The van der Waals surface area contributed by atoms with Crippen LogP contribution < -0.4 is 16.2 Å². The Balaban J connectivity index is 1.77. The van der Waals surface area contributed by atoms with Gasteiger partial charge in [-0.15, -0.1) is 0 Å². The number of nitrogens with one attached hydrogen (secondary N) is 3. The first-order valence-corrected chi connectivity index (χ1v) is 10.7. The summed E-state index contributed by atoms with van der Waals surface area (Å²) in [7, 11) is 0. The third-order valence-electron chi connectivity index (χ3n) is 5.50. The lowest BCUT2D eigenvalue weighted by molar-refractivity contribution is 0.0950. The van der Waals surface area contributed by atoms with Crippen LogP contribution in [0.2, 0.25) is 0 Å². The number of carbonyl (C=O) groups is 1. The lowest BCUT2D eigenvalue weighted by atomic mass is 9.94. The molecule has 3 rings (SSSR count). The second kappa shape index (κ2) is 8.95. The lowest BCUT2D eigenvalue weighted by Crippen LogP contribution is -2.29. The molecule has 1 saturated carbocycles. The quantitative estimate of drug-likeness (QED) is 0.621. The predicted molar refractivity (Wildman–Crippen MR) is 117 cm³/mol. The summed E-state index contributed by atoms with van der Waals surface area (Å²) < 4.78 is 0.867. The van der Waals surface area contributed by atoms with Crippen LogP contribution in [0.15, 0.2) is 27.5 Å². The highest BCUT2D eigenvalue weighted by molar-refractivity contribution is 9.10. The Morgan fingerprint density at radius 1 is 1.14 bits per heavy atom. The Kier molecular flexibility index (Phi) is 6.60. The van der Waals surface area contributed by atoms with E-state index in [1.807, 2.05) is 39.0 Å². The largest absolute Gasteiger partial charge is 0.382 e. The number of carbonyl (C=O) groups excluding carboxylic acids is 1. The number of H-pyrrole nitrogens is 1. The zero-order chi connectivity index (χ0) is 20.3. The van der Waals surface area contributed by atoms with Crippen molar-refractivity contribution >= 4 is 27.5 Å². The first kappa shape index (κ1) is 20.6. The number of anilines is 1. The van der Waals surface area contributed by atoms with Gasteiger partial charge in [0.15, 0.2) is 0 Å². The SMILES string of the molecule is Cc1cc(C)c(CNC(=O)c2cc(Br)cc(NC3CCCCC3)c2C)c(=O)[nH]1. The first-order valence-electron chi connectivity index (χ1n) is 9.89. The van der Waals surface area contributed by atoms with Crippen molar-refractivity contribution in [2.45, 2.75) is 65.5 Å². The van der Waals surface area contributed by atoms with Gasteiger partial charge in [-0.1, -0.05) is 35.2 Å². The molecule has 0 saturated heterocycles. The molecule has 3 N–H and O–H groups in total. The van der Waals surface area contributed by atoms with Crippen LogP contribution in [0.3, 0.4) is 0 Å². The van der Waals surface area contributed by atoms with E-state index in [0.29, 0.717) is 17.2 Å². The molecule has 5 nitrogen and oxygen atoms in total. The molecule has 0 aliphatic heterocycles. The Morgan fingerprint density at radius 3 is 2.54 bits per heavy atom. The number of aromatic nitrogens is 1. The molecule has 1 aliphatic carbocycles. The fraction of sp³-hybridized carbons (Fsp3) is 0.455. The van der Waals surface area contributed by atoms with Gasteiger partial charge >= 0.3 is 0 Å². The van der Waals surface area contributed by atoms with Gasteiger partial charge in [0.2, 0.25) is 0 Å². The predicted octanol–water partition coefficient (Wildman–Crippen LogP) is 4.74. The number of pyridine rings is 1. The van der Waals surface area contributed by atoms with Crippen molar-refractivity contribution in [3.05, 3.63) is 61.0 Å². The highest BCUT2D eigenvalue weighted by Crippen LogP contribution is 2.28. The molecular formula is C22H28BrN3O2. The van der Waals surface area contributed by atoms with Crippen molar-refractivity contribution in [2.24, 2.45) is 0 Å². The van der Waals surface area contributed by atoms with Gasteiger partial charge < -0.3 is 15.6 Å². The van der Waals surface area contributed by atoms with E-state index in [9.17, 15) is 9.59 Å². The van der Waals surface area contributed by atoms with E-state index in [2.05, 4.69) is 31.5 Å². The zero-order valence-corrected chi connectivity index (χ0v) is 18.3. The number of rotatable bonds is 5. The summed E-state index contributed by atoms with van der Waals surface area (Å²) in [5.74, 6) is -0.176. The minimum atomic E-state index is -0.176. The van der Waals surface area contributed by atoms with Crippen LogP contribution in [0.4, 0.5) is 5.69 Å². The van der Waals surface area contributed by atoms with Crippen LogP contribution in [-0.2, 0) is 6.54 Å². The van der Waals surface area contributed by atoms with Gasteiger partial charge in [0.1, 0.15) is 0 Å². The van der Waals surface area contributed by atoms with Gasteiger partial charge in [0.25, 0.3) is 11.5 Å². The van der Waals surface area contributed by atoms with E-state index in [4.69, 9.17) is 0 Å². The minimum absolute atomic E-state index is 0.150. The number of aryl methyl sites for hydroxylation is 2. The maximum atomic E-state index is 12.9. The van der Waals surface area contributed by atoms with Crippen molar-refractivity contribution in [2.75, 3.05) is 5.32 Å². The van der Waals surface area contributed by atoms with E-state index in [1.54, 1.807) is 0 Å². The fourth-order valence-electron chi connectivity index (χ4n) is 3.90. The normalized spacial score (nSPS) is 14.7. The Hall–Kier alpha value is -2.08. The summed E-state index contributed by atoms with van der Waals surface area (Å²) in [6.07, 6.45) is 6.15. The van der Waals surface area contributed by atoms with Crippen LogP contribution in [0, 0.1) is 20.8 Å². The number of hydrogen-bond donors (Lipinski definition) is 3. The Morgan fingerprint density at radius 2 is 1.86 bits per heavy atom. The molecule has 28 heavy (non-hydrogen) atoms. The van der Waals surface area contributed by atoms with Crippen molar-refractivity contribution in [3.63, 3.8) is 0 Å². The smallest absolute Gasteiger partial charge is 0.253 e. The highest BCUT2D eigenvalue weighted by atomic mass is 79.9. The summed E-state index contributed by atoms with van der Waals surface area (Å²) in [6.45, 7) is 5.91. The molecule has 150 valence electrons. The maximum absolute atomic E-state index is 12.9. The van der Waals surface area contributed by atoms with Gasteiger partial charge in [-0.05, 0) is 62.9 Å². The second-order valence-corrected chi connectivity index (χ2v) is 8.65. The number of aromatic amines is 1. The number of halogens is 1. The van der Waals surface area contributed by atoms with Gasteiger partial charge in [-0.3, -0.25) is 9.59 Å². The molecule has 1 aromatic carbocycles. The average Bonchev–Trinajstić information content (AvgIpc) is 2.64. The van der Waals surface area contributed by atoms with Crippen molar-refractivity contribution in [3.8, 4) is 0 Å². The van der Waals surface area contributed by atoms with Crippen molar-refractivity contribution < 1.29 is 4.79 Å². The lowest BCUT2D eigenvalue weighted by Gasteiger charge is -2.25. The summed E-state index contributed by atoms with van der Waals surface area (Å²) in [6, 6.07) is 6.25. The van der Waals surface area contributed by atoms with Crippen LogP contribution in [0.1, 0.15) is 64.8 Å². The summed E-state index contributed by atoms with van der Waals surface area (Å²) in [5, 5.41) is 6.53. The molecule has 1 amide bonds. The van der Waals surface area contributed by atoms with Crippen LogP contribution in [0.5, 0.6) is 0 Å². The highest BCUT2D eigenvalue weighted by Gasteiger charge is 2.18. The van der Waals surface area contributed by atoms with Crippen LogP contribution >= 0.6 is 15.9 Å². The number of benzene rings is 1. The molecule has 0 atom stereocenters. The van der Waals surface area contributed by atoms with Gasteiger partial charge in [0.05, 0.1) is 0 Å². The standard InChI is InChI=1S/C22H28BrN3O2/c1-13-9-14(2)25-22(28)19(13)12-24-21(27)18-10-16(23)11-20(15(18)3)26-17-7-5-4-6-8-17/h9-11,17,26H,4-8,12H2,1-3H3,(H,24,27)(H,25,28). The molecule has 0 spiro atoms. The second-order valence-electron chi connectivity index (χ2n) is 7.73. The topological polar surface area (TPSA) is 74.0 Å². The van der Waals surface area contributed by atoms with Gasteiger partial charge in [0, 0.05) is 39.6 Å². The molecular weight excluding hydrogens is 418 g/mol. The third-order valence-corrected chi connectivity index (χ3v) is 5.96. The van der Waals surface area contributed by atoms with E-state index < -0.39 is 0 Å². The van der Waals surface area contributed by atoms with E-state index in [-0.39, 0.29) is 18.0 Å². The van der Waals surface area contributed by atoms with E-state index in [1.165, 1.54) is 32.1 Å². The zero-order valence-electron chi connectivity index (χ0n) is 16.7. The van der Waals surface area contributed by atoms with Crippen LogP contribution in [-0.4, -0.2) is 16.9 Å². The Bertz CT molecular complexity index is 930. The average molecular weight is 446 g/mol. The molecule has 0 bridgehead atoms. The fourth-order valence-corrected chi connectivity index (χ4v) is 4.35. The van der Waals surface area contributed by atoms with Crippen molar-refractivity contribution in [1.29, 1.82) is 0 Å². The molecule has 1 aliphatic rings. The number of amides is 1. The molecule has 1 fully saturated rings. The van der Waals surface area contributed by atoms with Gasteiger partial charge in [-0.25, -0.2) is 0 Å². The molecule has 0 radical (unpaired) electrons. The number of hydrogen-bond acceptors (Lipinski definition) is 3. The molecule has 1 heterocycles. The Labute approximate surface area is 174 Å². The molecule has 1 aromatic heterocycles. The van der Waals surface area contributed by atoms with E-state index in [0.717, 1.165) is 27.0 Å². The van der Waals surface area contributed by atoms with E-state index >= 15 is 0 Å². The summed E-state index contributed by atoms with van der Waals surface area (Å²) in [4.78, 5) is 27.8. The molecule has 2 aromatic rings. The molecule has 6 heteroatoms. The first-order chi connectivity index (χ1) is 13.3. The summed E-state index contributed by atoms with van der Waals surface area (Å²) >= 11 is 3.53.